The predicted molar refractivity (Wildman–Crippen MR) is 77.9 cm³/mol. The van der Waals surface area contributed by atoms with E-state index in [1.807, 2.05) is 0 Å². The van der Waals surface area contributed by atoms with Crippen LogP contribution in [0.25, 0.3) is 0 Å². The molecule has 1 rings (SSSR count). The monoisotopic (exact) mass is 298 g/mol. The van der Waals surface area contributed by atoms with Gasteiger partial charge in [-0.15, -0.1) is 0 Å². The maximum Gasteiger partial charge on any atom is 0.0230 e. The van der Waals surface area contributed by atoms with E-state index in [0.29, 0.717) is 0 Å². The van der Waals surface area contributed by atoms with Crippen LogP contribution >= 0.6 is 15.9 Å². The maximum absolute atomic E-state index is 5.74. The van der Waals surface area contributed by atoms with E-state index in [2.05, 4.69) is 66.0 Å². The number of rotatable bonds is 6. The second kappa shape index (κ2) is 6.53. The van der Waals surface area contributed by atoms with E-state index >= 15 is 0 Å². The molecule has 0 spiro atoms. The van der Waals surface area contributed by atoms with Gasteiger partial charge in [-0.1, -0.05) is 41.9 Å². The van der Waals surface area contributed by atoms with E-state index in [9.17, 15) is 0 Å². The Hall–Kier alpha value is -0.380. The SMILES string of the molecule is CN(CCC(C)(C)CN)Cc1ccc(Br)cc1. The summed E-state index contributed by atoms with van der Waals surface area (Å²) < 4.78 is 1.13. The largest absolute Gasteiger partial charge is 0.330 e. The van der Waals surface area contributed by atoms with Crippen LogP contribution in [0.5, 0.6) is 0 Å². The number of hydrogen-bond donors (Lipinski definition) is 1. The van der Waals surface area contributed by atoms with Gasteiger partial charge in [-0.2, -0.15) is 0 Å². The molecule has 0 heterocycles. The van der Waals surface area contributed by atoms with E-state index in [0.717, 1.165) is 30.5 Å². The third-order valence-electron chi connectivity index (χ3n) is 3.09. The maximum atomic E-state index is 5.74. The van der Waals surface area contributed by atoms with E-state index in [1.165, 1.54) is 5.56 Å². The summed E-state index contributed by atoms with van der Waals surface area (Å²) in [6, 6.07) is 8.50. The van der Waals surface area contributed by atoms with Crippen LogP contribution in [0, 0.1) is 5.41 Å². The van der Waals surface area contributed by atoms with Crippen molar-refractivity contribution in [2.45, 2.75) is 26.8 Å². The van der Waals surface area contributed by atoms with Crippen molar-refractivity contribution in [3.8, 4) is 0 Å². The van der Waals surface area contributed by atoms with Crippen molar-refractivity contribution in [2.75, 3.05) is 20.1 Å². The van der Waals surface area contributed by atoms with Crippen molar-refractivity contribution in [3.05, 3.63) is 34.3 Å². The summed E-state index contributed by atoms with van der Waals surface area (Å²) in [5.74, 6) is 0. The van der Waals surface area contributed by atoms with Gasteiger partial charge in [0.2, 0.25) is 0 Å². The summed E-state index contributed by atoms with van der Waals surface area (Å²) in [6.45, 7) is 7.27. The Labute approximate surface area is 113 Å². The molecule has 0 saturated carbocycles. The van der Waals surface area contributed by atoms with Gasteiger partial charge in [-0.3, -0.25) is 0 Å². The van der Waals surface area contributed by atoms with Crippen LogP contribution in [0.1, 0.15) is 25.8 Å². The fraction of sp³-hybridized carbons (Fsp3) is 0.571. The molecule has 0 aromatic heterocycles. The van der Waals surface area contributed by atoms with Crippen LogP contribution in [0.15, 0.2) is 28.7 Å². The highest BCUT2D eigenvalue weighted by atomic mass is 79.9. The van der Waals surface area contributed by atoms with Gasteiger partial charge in [-0.25, -0.2) is 0 Å². The van der Waals surface area contributed by atoms with Gasteiger partial charge in [0, 0.05) is 11.0 Å². The first-order valence-electron chi connectivity index (χ1n) is 6.06. The molecule has 0 amide bonds. The lowest BCUT2D eigenvalue weighted by Crippen LogP contribution is -2.29. The minimum atomic E-state index is 0.244. The summed E-state index contributed by atoms with van der Waals surface area (Å²) in [7, 11) is 2.16. The predicted octanol–water partition coefficient (Wildman–Crippen LogP) is 3.26. The first-order valence-corrected chi connectivity index (χ1v) is 6.85. The van der Waals surface area contributed by atoms with E-state index < -0.39 is 0 Å². The second-order valence-electron chi connectivity index (χ2n) is 5.48. The molecule has 1 aromatic carbocycles. The molecule has 17 heavy (non-hydrogen) atoms. The fourth-order valence-electron chi connectivity index (χ4n) is 1.58. The summed E-state index contributed by atoms with van der Waals surface area (Å²) in [5.41, 5.74) is 7.33. The van der Waals surface area contributed by atoms with Crippen molar-refractivity contribution in [1.29, 1.82) is 0 Å². The van der Waals surface area contributed by atoms with Gasteiger partial charge < -0.3 is 10.6 Å². The van der Waals surface area contributed by atoms with Gasteiger partial charge in [0.25, 0.3) is 0 Å². The van der Waals surface area contributed by atoms with Crippen molar-refractivity contribution < 1.29 is 0 Å². The van der Waals surface area contributed by atoms with Gasteiger partial charge in [0.1, 0.15) is 0 Å². The molecule has 0 saturated heterocycles. The zero-order chi connectivity index (χ0) is 12.9. The number of benzene rings is 1. The van der Waals surface area contributed by atoms with Crippen LogP contribution in [-0.4, -0.2) is 25.0 Å². The third kappa shape index (κ3) is 5.66. The van der Waals surface area contributed by atoms with Crippen LogP contribution in [0.2, 0.25) is 0 Å². The molecule has 2 nitrogen and oxygen atoms in total. The molecule has 0 radical (unpaired) electrons. The molecule has 0 aliphatic rings. The summed E-state index contributed by atoms with van der Waals surface area (Å²) in [5, 5.41) is 0. The first kappa shape index (κ1) is 14.7. The van der Waals surface area contributed by atoms with Gasteiger partial charge in [0.05, 0.1) is 0 Å². The zero-order valence-corrected chi connectivity index (χ0v) is 12.6. The molecule has 0 bridgehead atoms. The van der Waals surface area contributed by atoms with Crippen LogP contribution in [-0.2, 0) is 6.54 Å². The molecule has 0 unspecified atom stereocenters. The van der Waals surface area contributed by atoms with Crippen molar-refractivity contribution in [3.63, 3.8) is 0 Å². The number of halogens is 1. The Morgan fingerprint density at radius 2 is 1.82 bits per heavy atom. The smallest absolute Gasteiger partial charge is 0.0230 e. The number of nitrogens with zero attached hydrogens (tertiary/aromatic N) is 1. The first-order chi connectivity index (χ1) is 7.93. The average molecular weight is 299 g/mol. The Balaban J connectivity index is 2.39. The molecular weight excluding hydrogens is 276 g/mol. The van der Waals surface area contributed by atoms with Crippen LogP contribution in [0.4, 0.5) is 0 Å². The zero-order valence-electron chi connectivity index (χ0n) is 11.0. The molecular formula is C14H23BrN2. The van der Waals surface area contributed by atoms with Crippen LogP contribution < -0.4 is 5.73 Å². The molecule has 96 valence electrons. The highest BCUT2D eigenvalue weighted by Crippen LogP contribution is 2.19. The number of nitrogens with two attached hydrogens (primary N) is 1. The van der Waals surface area contributed by atoms with Gasteiger partial charge >= 0.3 is 0 Å². The van der Waals surface area contributed by atoms with Gasteiger partial charge in [0.15, 0.2) is 0 Å². The Morgan fingerprint density at radius 1 is 1.24 bits per heavy atom. The topological polar surface area (TPSA) is 29.3 Å². The molecule has 3 heteroatoms. The summed E-state index contributed by atoms with van der Waals surface area (Å²) in [4.78, 5) is 2.35. The van der Waals surface area contributed by atoms with E-state index in [4.69, 9.17) is 5.73 Å². The van der Waals surface area contributed by atoms with Gasteiger partial charge in [-0.05, 0) is 49.7 Å². The fourth-order valence-corrected chi connectivity index (χ4v) is 1.84. The van der Waals surface area contributed by atoms with Crippen molar-refractivity contribution in [1.82, 2.24) is 4.90 Å². The van der Waals surface area contributed by atoms with Crippen LogP contribution in [0.3, 0.4) is 0 Å². The minimum absolute atomic E-state index is 0.244. The Bertz CT molecular complexity index is 333. The lowest BCUT2D eigenvalue weighted by atomic mass is 9.89. The van der Waals surface area contributed by atoms with Crippen molar-refractivity contribution in [2.24, 2.45) is 11.1 Å². The summed E-state index contributed by atoms with van der Waals surface area (Å²) >= 11 is 3.45. The standard InChI is InChI=1S/C14H23BrN2/c1-14(2,11-16)8-9-17(3)10-12-4-6-13(15)7-5-12/h4-7H,8-11,16H2,1-3H3. The van der Waals surface area contributed by atoms with Crippen molar-refractivity contribution >= 4 is 15.9 Å². The Kier molecular flexibility index (Phi) is 5.63. The summed E-state index contributed by atoms with van der Waals surface area (Å²) in [6.07, 6.45) is 1.14. The Morgan fingerprint density at radius 3 is 2.35 bits per heavy atom. The third-order valence-corrected chi connectivity index (χ3v) is 3.62. The average Bonchev–Trinajstić information content (AvgIpc) is 2.30. The lowest BCUT2D eigenvalue weighted by molar-refractivity contribution is 0.249. The quantitative estimate of drug-likeness (QED) is 0.873. The highest BCUT2D eigenvalue weighted by Gasteiger charge is 2.15. The second-order valence-corrected chi connectivity index (χ2v) is 6.40. The van der Waals surface area contributed by atoms with E-state index in [-0.39, 0.29) is 5.41 Å². The molecule has 0 atom stereocenters. The molecule has 1 aromatic rings. The molecule has 0 fully saturated rings. The minimum Gasteiger partial charge on any atom is -0.330 e. The molecule has 0 aliphatic carbocycles. The highest BCUT2D eigenvalue weighted by molar-refractivity contribution is 9.10. The van der Waals surface area contributed by atoms with E-state index in [1.54, 1.807) is 0 Å². The normalized spacial score (nSPS) is 12.1. The molecule has 2 N–H and O–H groups in total. The molecule has 0 aliphatic heterocycles. The lowest BCUT2D eigenvalue weighted by Gasteiger charge is -2.26. The number of hydrogen-bond acceptors (Lipinski definition) is 2.